The summed E-state index contributed by atoms with van der Waals surface area (Å²) >= 11 is 0. The van der Waals surface area contributed by atoms with Crippen LogP contribution < -0.4 is 5.73 Å². The van der Waals surface area contributed by atoms with Gasteiger partial charge in [0.15, 0.2) is 5.69 Å². The number of carbonyl (C=O) groups is 1. The molecule has 0 bridgehead atoms. The lowest BCUT2D eigenvalue weighted by Gasteiger charge is -2.27. The molecule has 0 spiro atoms. The number of nitrogens with zero attached hydrogens (tertiary/aromatic N) is 2. The first kappa shape index (κ1) is 13.9. The summed E-state index contributed by atoms with van der Waals surface area (Å²) in [6, 6.07) is 0. The molecule has 1 saturated heterocycles. The van der Waals surface area contributed by atoms with Gasteiger partial charge in [-0.3, -0.25) is 9.89 Å². The fourth-order valence-electron chi connectivity index (χ4n) is 2.34. The van der Waals surface area contributed by atoms with Gasteiger partial charge in [-0.25, -0.2) is 0 Å². The fraction of sp³-hybridized carbons (Fsp3) is 0.692. The molecule has 0 aromatic carbocycles. The van der Waals surface area contributed by atoms with Crippen LogP contribution in [0.15, 0.2) is 0 Å². The Morgan fingerprint density at radius 2 is 2.37 bits per heavy atom. The monoisotopic (exact) mass is 266 g/mol. The van der Waals surface area contributed by atoms with Gasteiger partial charge in [0.2, 0.25) is 0 Å². The normalized spacial score (nSPS) is 19.4. The highest BCUT2D eigenvalue weighted by molar-refractivity contribution is 5.97. The Morgan fingerprint density at radius 1 is 1.58 bits per heavy atom. The van der Waals surface area contributed by atoms with Gasteiger partial charge in [-0.2, -0.15) is 5.10 Å². The minimum Gasteiger partial charge on any atom is -0.395 e. The summed E-state index contributed by atoms with van der Waals surface area (Å²) in [5.74, 6) is -0.150. The largest absolute Gasteiger partial charge is 0.395 e. The third kappa shape index (κ3) is 3.07. The molecule has 2 heterocycles. The number of anilines is 1. The zero-order chi connectivity index (χ0) is 13.8. The number of aromatic nitrogens is 2. The van der Waals surface area contributed by atoms with Gasteiger partial charge < -0.3 is 15.4 Å². The smallest absolute Gasteiger partial charge is 0.276 e. The average Bonchev–Trinajstić information content (AvgIpc) is 2.80. The lowest BCUT2D eigenvalue weighted by atomic mass is 10.1. The summed E-state index contributed by atoms with van der Waals surface area (Å²) < 4.78 is 5.64. The maximum atomic E-state index is 12.3. The fourth-order valence-corrected chi connectivity index (χ4v) is 2.34. The maximum Gasteiger partial charge on any atom is 0.276 e. The molecule has 6 heteroatoms. The molecular formula is C13H22N4O2. The molecule has 1 aromatic heterocycles. The molecule has 3 N–H and O–H groups in total. The first-order chi connectivity index (χ1) is 9.13. The number of nitrogen functional groups attached to an aromatic ring is 1. The van der Waals surface area contributed by atoms with Gasteiger partial charge in [-0.05, 0) is 25.7 Å². The van der Waals surface area contributed by atoms with Gasteiger partial charge in [-0.15, -0.1) is 0 Å². The molecule has 1 aromatic rings. The van der Waals surface area contributed by atoms with Crippen molar-refractivity contribution in [2.45, 2.75) is 38.7 Å². The van der Waals surface area contributed by atoms with Gasteiger partial charge in [0, 0.05) is 20.2 Å². The Hall–Kier alpha value is -1.56. The number of aryl methyl sites for hydroxylation is 1. The molecule has 106 valence electrons. The van der Waals surface area contributed by atoms with Crippen LogP contribution in [0, 0.1) is 0 Å². The topological polar surface area (TPSA) is 84.2 Å². The van der Waals surface area contributed by atoms with E-state index >= 15 is 0 Å². The summed E-state index contributed by atoms with van der Waals surface area (Å²) in [6.07, 6.45) is 4.15. The summed E-state index contributed by atoms with van der Waals surface area (Å²) in [7, 11) is 1.76. The number of amides is 1. The van der Waals surface area contributed by atoms with Crippen molar-refractivity contribution in [2.75, 3.05) is 25.9 Å². The minimum absolute atomic E-state index is 0.133. The number of ether oxygens (including phenoxy) is 1. The third-order valence-corrected chi connectivity index (χ3v) is 3.54. The molecule has 1 aliphatic rings. The van der Waals surface area contributed by atoms with Crippen LogP contribution in [-0.4, -0.2) is 47.3 Å². The van der Waals surface area contributed by atoms with Crippen LogP contribution >= 0.6 is 0 Å². The van der Waals surface area contributed by atoms with E-state index in [0.717, 1.165) is 38.0 Å². The summed E-state index contributed by atoms with van der Waals surface area (Å²) in [6.45, 7) is 3.35. The molecule has 1 amide bonds. The highest BCUT2D eigenvalue weighted by Crippen LogP contribution is 2.18. The molecule has 1 atom stereocenters. The molecule has 0 saturated carbocycles. The van der Waals surface area contributed by atoms with E-state index in [2.05, 4.69) is 10.2 Å². The number of aromatic amines is 1. The van der Waals surface area contributed by atoms with E-state index < -0.39 is 0 Å². The van der Waals surface area contributed by atoms with Gasteiger partial charge in [0.25, 0.3) is 5.91 Å². The SMILES string of the molecule is CCc1[nH]nc(C(=O)N(C)CC2CCCCO2)c1N. The zero-order valence-electron chi connectivity index (χ0n) is 11.6. The summed E-state index contributed by atoms with van der Waals surface area (Å²) in [4.78, 5) is 13.9. The maximum absolute atomic E-state index is 12.3. The second kappa shape index (κ2) is 6.06. The molecular weight excluding hydrogens is 244 g/mol. The lowest BCUT2D eigenvalue weighted by molar-refractivity contribution is -0.000273. The van der Waals surface area contributed by atoms with E-state index in [1.54, 1.807) is 11.9 Å². The number of rotatable bonds is 4. The number of hydrogen-bond donors (Lipinski definition) is 2. The van der Waals surface area contributed by atoms with E-state index in [1.165, 1.54) is 0 Å². The molecule has 0 radical (unpaired) electrons. The van der Waals surface area contributed by atoms with Crippen molar-refractivity contribution in [3.63, 3.8) is 0 Å². The molecule has 6 nitrogen and oxygen atoms in total. The quantitative estimate of drug-likeness (QED) is 0.857. The highest BCUT2D eigenvalue weighted by atomic mass is 16.5. The standard InChI is InChI=1S/C13H22N4O2/c1-3-10-11(14)12(16-15-10)13(18)17(2)8-9-6-4-5-7-19-9/h9H,3-8,14H2,1-2H3,(H,15,16). The Labute approximate surface area is 113 Å². The van der Waals surface area contributed by atoms with E-state index in [0.29, 0.717) is 17.9 Å². The summed E-state index contributed by atoms with van der Waals surface area (Å²) in [5, 5.41) is 6.83. The van der Waals surface area contributed by atoms with Crippen molar-refractivity contribution >= 4 is 11.6 Å². The van der Waals surface area contributed by atoms with Crippen molar-refractivity contribution in [1.29, 1.82) is 0 Å². The lowest BCUT2D eigenvalue weighted by Crippen LogP contribution is -2.37. The van der Waals surface area contributed by atoms with Crippen molar-refractivity contribution in [3.8, 4) is 0 Å². The Kier molecular flexibility index (Phi) is 4.42. The first-order valence-corrected chi connectivity index (χ1v) is 6.83. The van der Waals surface area contributed by atoms with Crippen molar-refractivity contribution in [3.05, 3.63) is 11.4 Å². The van der Waals surface area contributed by atoms with Crippen LogP contribution in [0.25, 0.3) is 0 Å². The Bertz CT molecular complexity index is 438. The van der Waals surface area contributed by atoms with Crippen LogP contribution in [0.2, 0.25) is 0 Å². The van der Waals surface area contributed by atoms with Gasteiger partial charge in [0.1, 0.15) is 0 Å². The molecule has 1 aliphatic heterocycles. The van der Waals surface area contributed by atoms with Crippen LogP contribution in [-0.2, 0) is 11.2 Å². The minimum atomic E-state index is -0.150. The zero-order valence-corrected chi connectivity index (χ0v) is 11.6. The van der Waals surface area contributed by atoms with E-state index in [9.17, 15) is 4.79 Å². The van der Waals surface area contributed by atoms with E-state index in [-0.39, 0.29) is 12.0 Å². The Balaban J connectivity index is 1.99. The van der Waals surface area contributed by atoms with Gasteiger partial charge >= 0.3 is 0 Å². The second-order valence-electron chi connectivity index (χ2n) is 4.99. The number of likely N-dealkylation sites (N-methyl/N-ethyl adjacent to an activating group) is 1. The molecule has 1 unspecified atom stereocenters. The molecule has 1 fully saturated rings. The number of nitrogens with one attached hydrogen (secondary N) is 1. The number of hydrogen-bond acceptors (Lipinski definition) is 4. The number of carbonyl (C=O) groups excluding carboxylic acids is 1. The molecule has 0 aliphatic carbocycles. The highest BCUT2D eigenvalue weighted by Gasteiger charge is 2.23. The summed E-state index contributed by atoms with van der Waals surface area (Å²) in [5.41, 5.74) is 7.50. The van der Waals surface area contributed by atoms with Crippen LogP contribution in [0.1, 0.15) is 42.4 Å². The molecule has 19 heavy (non-hydrogen) atoms. The number of H-pyrrole nitrogens is 1. The van der Waals surface area contributed by atoms with Crippen molar-refractivity contribution in [1.82, 2.24) is 15.1 Å². The van der Waals surface area contributed by atoms with Gasteiger partial charge in [0.05, 0.1) is 17.5 Å². The van der Waals surface area contributed by atoms with E-state index in [4.69, 9.17) is 10.5 Å². The first-order valence-electron chi connectivity index (χ1n) is 6.83. The van der Waals surface area contributed by atoms with Gasteiger partial charge in [-0.1, -0.05) is 6.92 Å². The molecule has 2 rings (SSSR count). The number of nitrogens with two attached hydrogens (primary N) is 1. The van der Waals surface area contributed by atoms with Crippen LogP contribution in [0.3, 0.4) is 0 Å². The van der Waals surface area contributed by atoms with Crippen LogP contribution in [0.4, 0.5) is 5.69 Å². The Morgan fingerprint density at radius 3 is 2.95 bits per heavy atom. The van der Waals surface area contributed by atoms with Crippen molar-refractivity contribution < 1.29 is 9.53 Å². The van der Waals surface area contributed by atoms with Crippen LogP contribution in [0.5, 0.6) is 0 Å². The van der Waals surface area contributed by atoms with Crippen molar-refractivity contribution in [2.24, 2.45) is 0 Å². The third-order valence-electron chi connectivity index (χ3n) is 3.54. The van der Waals surface area contributed by atoms with E-state index in [1.807, 2.05) is 6.92 Å². The predicted molar refractivity (Wildman–Crippen MR) is 72.9 cm³/mol. The second-order valence-corrected chi connectivity index (χ2v) is 4.99. The predicted octanol–water partition coefficient (Wildman–Crippen LogP) is 1.20. The average molecular weight is 266 g/mol.